The lowest BCUT2D eigenvalue weighted by Crippen LogP contribution is -2.06. The fourth-order valence-corrected chi connectivity index (χ4v) is 1.57. The van der Waals surface area contributed by atoms with Crippen molar-refractivity contribution in [3.63, 3.8) is 0 Å². The third-order valence-corrected chi connectivity index (χ3v) is 2.68. The highest BCUT2D eigenvalue weighted by atomic mass is 16.5. The number of ether oxygens (including phenoxy) is 1. The smallest absolute Gasteiger partial charge is 0.310 e. The van der Waals surface area contributed by atoms with Crippen molar-refractivity contribution in [3.05, 3.63) is 41.9 Å². The van der Waals surface area contributed by atoms with Crippen molar-refractivity contribution in [2.45, 2.75) is 12.8 Å². The lowest BCUT2D eigenvalue weighted by Gasteiger charge is -2.08. The highest BCUT2D eigenvalue weighted by Gasteiger charge is 2.13. The molecule has 0 bridgehead atoms. The number of carboxylic acids is 1. The van der Waals surface area contributed by atoms with Gasteiger partial charge in [-0.2, -0.15) is 0 Å². The van der Waals surface area contributed by atoms with Crippen molar-refractivity contribution in [2.24, 2.45) is 0 Å². The van der Waals surface area contributed by atoms with Gasteiger partial charge in [0, 0.05) is 0 Å². The molecule has 0 saturated heterocycles. The van der Waals surface area contributed by atoms with E-state index in [-0.39, 0.29) is 23.9 Å². The summed E-state index contributed by atoms with van der Waals surface area (Å²) in [6, 6.07) is 4.61. The van der Waals surface area contributed by atoms with E-state index in [4.69, 9.17) is 14.0 Å². The third kappa shape index (κ3) is 2.23. The van der Waals surface area contributed by atoms with E-state index >= 15 is 0 Å². The minimum absolute atomic E-state index is 0.0398. The van der Waals surface area contributed by atoms with Crippen molar-refractivity contribution in [1.82, 2.24) is 0 Å². The highest BCUT2D eigenvalue weighted by Crippen LogP contribution is 2.25. The zero-order valence-electron chi connectivity index (χ0n) is 12.6. The molecule has 0 spiro atoms. The minimum Gasteiger partial charge on any atom is -0.497 e. The number of fused-ring (bicyclic) bond motifs is 1. The fourth-order valence-electron chi connectivity index (χ4n) is 1.57. The predicted octanol–water partition coefficient (Wildman–Crippen LogP) is 3.04. The molecule has 0 aliphatic carbocycles. The number of methoxy groups -OCH3 is 1. The maximum Gasteiger partial charge on any atom is 0.310 e. The average molecular weight is 233 g/mol. The van der Waals surface area contributed by atoms with Crippen LogP contribution in [0.25, 0.3) is 10.8 Å². The van der Waals surface area contributed by atoms with Crippen LogP contribution in [0.15, 0.2) is 36.3 Å². The second kappa shape index (κ2) is 4.45. The maximum atomic E-state index is 11.0. The first-order valence-electron chi connectivity index (χ1n) is 6.68. The number of carbonyl (C=O) groups is 1. The monoisotopic (exact) mass is 233 g/mol. The van der Waals surface area contributed by atoms with E-state index in [1.54, 1.807) is 25.1 Å². The number of benzene rings is 2. The summed E-state index contributed by atoms with van der Waals surface area (Å²) in [7, 11) is 1.36. The summed E-state index contributed by atoms with van der Waals surface area (Å²) >= 11 is 0. The van der Waals surface area contributed by atoms with Gasteiger partial charge in [0.2, 0.25) is 0 Å². The molecule has 1 unspecified atom stereocenters. The van der Waals surface area contributed by atoms with Crippen LogP contribution in [0.5, 0.6) is 5.75 Å². The van der Waals surface area contributed by atoms with Gasteiger partial charge in [-0.3, -0.25) is 4.79 Å². The molecule has 0 aliphatic heterocycles. The van der Waals surface area contributed by atoms with Crippen LogP contribution in [0.1, 0.15) is 22.5 Å². The average Bonchev–Trinajstić information content (AvgIpc) is 2.44. The van der Waals surface area contributed by atoms with Crippen LogP contribution in [0.2, 0.25) is 0 Å². The Labute approximate surface area is 104 Å². The van der Waals surface area contributed by atoms with Gasteiger partial charge < -0.3 is 9.84 Å². The van der Waals surface area contributed by atoms with Gasteiger partial charge >= 0.3 is 5.97 Å². The van der Waals surface area contributed by atoms with Gasteiger partial charge in [-0.15, -0.1) is 0 Å². The van der Waals surface area contributed by atoms with Crippen LogP contribution in [-0.4, -0.2) is 18.2 Å². The largest absolute Gasteiger partial charge is 0.497 e. The van der Waals surface area contributed by atoms with E-state index in [0.717, 1.165) is 0 Å². The second-order valence-corrected chi connectivity index (χ2v) is 3.77. The second-order valence-electron chi connectivity index (χ2n) is 3.77. The Morgan fingerprint density at radius 2 is 2.18 bits per heavy atom. The lowest BCUT2D eigenvalue weighted by atomic mass is 9.98. The summed E-state index contributed by atoms with van der Waals surface area (Å²) < 4.78 is 28.8. The molecule has 0 fully saturated rings. The molecule has 0 aliphatic rings. The lowest BCUT2D eigenvalue weighted by molar-refractivity contribution is -0.138. The molecule has 2 aromatic rings. The summed E-state index contributed by atoms with van der Waals surface area (Å²) in [5, 5.41) is 9.90. The van der Waals surface area contributed by atoms with Crippen LogP contribution >= 0.6 is 0 Å². The molecule has 0 aromatic heterocycles. The highest BCUT2D eigenvalue weighted by molar-refractivity contribution is 5.86. The van der Waals surface area contributed by atoms with Gasteiger partial charge in [-0.1, -0.05) is 24.2 Å². The molecule has 3 heteroatoms. The molecule has 17 heavy (non-hydrogen) atoms. The molecule has 2 aromatic carbocycles. The number of hydrogen-bond acceptors (Lipinski definition) is 2. The first kappa shape index (κ1) is 8.12. The molecule has 3 nitrogen and oxygen atoms in total. The quantitative estimate of drug-likeness (QED) is 0.886. The maximum absolute atomic E-state index is 11.0. The minimum atomic E-state index is -0.957. The number of carboxylic acid groups (broad SMARTS) is 1. The Morgan fingerprint density at radius 1 is 1.41 bits per heavy atom. The first-order chi connectivity index (χ1) is 9.38. The van der Waals surface area contributed by atoms with Crippen LogP contribution in [0, 0.1) is 0 Å². The SMILES string of the molecule is [2H]c1c(OC)c([2H])c2ccc(C(C)C(=O)O)cc2c1[2H]. The molecule has 0 amide bonds. The summed E-state index contributed by atoms with van der Waals surface area (Å²) in [5.41, 5.74) is 0.544. The molecule has 1 atom stereocenters. The van der Waals surface area contributed by atoms with Crippen LogP contribution in [0.3, 0.4) is 0 Å². The normalized spacial score (nSPS) is 14.8. The third-order valence-electron chi connectivity index (χ3n) is 2.68. The topological polar surface area (TPSA) is 46.5 Å². The van der Waals surface area contributed by atoms with Crippen molar-refractivity contribution in [3.8, 4) is 5.75 Å². The summed E-state index contributed by atoms with van der Waals surface area (Å²) in [6.07, 6.45) is 0. The summed E-state index contributed by atoms with van der Waals surface area (Å²) in [4.78, 5) is 11.0. The van der Waals surface area contributed by atoms with Crippen molar-refractivity contribution in [2.75, 3.05) is 7.11 Å². The first-order valence-corrected chi connectivity index (χ1v) is 5.18. The van der Waals surface area contributed by atoms with Gasteiger partial charge in [0.15, 0.2) is 0 Å². The fraction of sp³-hybridized carbons (Fsp3) is 0.214. The molecule has 88 valence electrons. The van der Waals surface area contributed by atoms with Crippen LogP contribution in [-0.2, 0) is 4.79 Å². The van der Waals surface area contributed by atoms with Crippen molar-refractivity contribution < 1.29 is 18.8 Å². The summed E-state index contributed by atoms with van der Waals surface area (Å²) in [6.45, 7) is 1.56. The summed E-state index contributed by atoms with van der Waals surface area (Å²) in [5.74, 6) is -1.60. The van der Waals surface area contributed by atoms with Gasteiger partial charge in [0.1, 0.15) is 5.75 Å². The standard InChI is InChI=1S/C14H14O3/c1-9(14(15)16)10-3-4-12-8-13(17-2)6-5-11(12)7-10/h3-9H,1-2H3,(H,15,16)/i5D,6D,8D. The molecular formula is C14H14O3. The van der Waals surface area contributed by atoms with E-state index in [1.807, 2.05) is 0 Å². The zero-order valence-corrected chi connectivity index (χ0v) is 9.57. The Kier molecular flexibility index (Phi) is 2.13. The van der Waals surface area contributed by atoms with Gasteiger partial charge in [-0.05, 0) is 35.3 Å². The van der Waals surface area contributed by atoms with E-state index in [9.17, 15) is 4.79 Å². The van der Waals surface area contributed by atoms with E-state index in [1.165, 1.54) is 7.11 Å². The molecule has 1 N–H and O–H groups in total. The molecule has 2 rings (SSSR count). The van der Waals surface area contributed by atoms with Crippen LogP contribution < -0.4 is 4.74 Å². The van der Waals surface area contributed by atoms with Crippen LogP contribution in [0.4, 0.5) is 0 Å². The number of aliphatic carboxylic acids is 1. The van der Waals surface area contributed by atoms with E-state index in [0.29, 0.717) is 16.3 Å². The molecule has 0 radical (unpaired) electrons. The zero-order chi connectivity index (χ0) is 15.0. The van der Waals surface area contributed by atoms with Gasteiger partial charge in [-0.25, -0.2) is 0 Å². The van der Waals surface area contributed by atoms with Gasteiger partial charge in [0.05, 0.1) is 17.1 Å². The Balaban J connectivity index is 2.76. The van der Waals surface area contributed by atoms with Crippen molar-refractivity contribution in [1.29, 1.82) is 0 Å². The number of rotatable bonds is 3. The molecule has 0 saturated carbocycles. The van der Waals surface area contributed by atoms with E-state index in [2.05, 4.69) is 0 Å². The molecular weight excluding hydrogens is 216 g/mol. The van der Waals surface area contributed by atoms with Gasteiger partial charge in [0.25, 0.3) is 0 Å². The Hall–Kier alpha value is -2.03. The van der Waals surface area contributed by atoms with Crippen molar-refractivity contribution >= 4 is 16.7 Å². The van der Waals surface area contributed by atoms with E-state index < -0.39 is 11.9 Å². The predicted molar refractivity (Wildman–Crippen MR) is 66.6 cm³/mol. The Bertz CT molecular complexity index is 698. The number of hydrogen-bond donors (Lipinski definition) is 1. The molecule has 0 heterocycles. The Morgan fingerprint density at radius 3 is 2.82 bits per heavy atom.